The van der Waals surface area contributed by atoms with E-state index in [0.717, 1.165) is 22.5 Å². The minimum atomic E-state index is -0.213. The average Bonchev–Trinajstić information content (AvgIpc) is 2.81. The molecular formula is C19H26N4O3. The van der Waals surface area contributed by atoms with E-state index >= 15 is 0 Å². The van der Waals surface area contributed by atoms with Crippen LogP contribution in [-0.2, 0) is 27.8 Å². The molecule has 0 saturated heterocycles. The number of rotatable bonds is 7. The van der Waals surface area contributed by atoms with Crippen molar-refractivity contribution < 1.29 is 14.3 Å². The standard InChI is InChI=1S/C19H26N4O3/c1-12-10-15(6-8-17(12)21-19(25)11-26-5)20-18(24)9-7-16-13(2)22-23(4)14(16)3/h6,8,10H,7,9,11H2,1-5H3,(H,20,24)(H,21,25). The van der Waals surface area contributed by atoms with Gasteiger partial charge < -0.3 is 15.4 Å². The third-order valence-electron chi connectivity index (χ3n) is 4.32. The minimum absolute atomic E-state index is 0.00506. The number of hydrogen-bond donors (Lipinski definition) is 2. The van der Waals surface area contributed by atoms with Crippen LogP contribution < -0.4 is 10.6 Å². The van der Waals surface area contributed by atoms with Gasteiger partial charge in [-0.2, -0.15) is 5.10 Å². The lowest BCUT2D eigenvalue weighted by Gasteiger charge is -2.11. The van der Waals surface area contributed by atoms with Gasteiger partial charge in [-0.25, -0.2) is 0 Å². The first-order chi connectivity index (χ1) is 12.3. The molecule has 0 fully saturated rings. The quantitative estimate of drug-likeness (QED) is 0.796. The molecule has 0 radical (unpaired) electrons. The Morgan fingerprint density at radius 3 is 2.46 bits per heavy atom. The smallest absolute Gasteiger partial charge is 0.250 e. The zero-order valence-corrected chi connectivity index (χ0v) is 16.0. The van der Waals surface area contributed by atoms with E-state index in [1.54, 1.807) is 12.1 Å². The van der Waals surface area contributed by atoms with E-state index < -0.39 is 0 Å². The van der Waals surface area contributed by atoms with Gasteiger partial charge in [0.15, 0.2) is 0 Å². The van der Waals surface area contributed by atoms with Crippen molar-refractivity contribution in [1.82, 2.24) is 9.78 Å². The normalized spacial score (nSPS) is 10.7. The Labute approximate surface area is 153 Å². The molecule has 0 bridgehead atoms. The summed E-state index contributed by atoms with van der Waals surface area (Å²) < 4.78 is 6.63. The Balaban J connectivity index is 1.94. The van der Waals surface area contributed by atoms with Crippen molar-refractivity contribution >= 4 is 23.2 Å². The number of benzene rings is 1. The molecule has 0 saturated carbocycles. The van der Waals surface area contributed by atoms with Gasteiger partial charge in [0.05, 0.1) is 5.69 Å². The van der Waals surface area contributed by atoms with Crippen molar-refractivity contribution in [2.24, 2.45) is 7.05 Å². The SMILES string of the molecule is COCC(=O)Nc1ccc(NC(=O)CCc2c(C)nn(C)c2C)cc1C. The Morgan fingerprint density at radius 2 is 1.88 bits per heavy atom. The van der Waals surface area contributed by atoms with Crippen molar-refractivity contribution in [2.45, 2.75) is 33.6 Å². The first kappa shape index (κ1) is 19.7. The predicted octanol–water partition coefficient (Wildman–Crippen LogP) is 2.50. The summed E-state index contributed by atoms with van der Waals surface area (Å²) in [5.41, 5.74) is 5.44. The summed E-state index contributed by atoms with van der Waals surface area (Å²) in [4.78, 5) is 23.8. The maximum Gasteiger partial charge on any atom is 0.250 e. The molecule has 0 unspecified atom stereocenters. The van der Waals surface area contributed by atoms with E-state index in [1.165, 1.54) is 7.11 Å². The van der Waals surface area contributed by atoms with Crippen LogP contribution >= 0.6 is 0 Å². The molecule has 7 nitrogen and oxygen atoms in total. The maximum atomic E-state index is 12.2. The van der Waals surface area contributed by atoms with Crippen LogP contribution in [0.15, 0.2) is 18.2 Å². The predicted molar refractivity (Wildman–Crippen MR) is 101 cm³/mol. The molecule has 0 aliphatic carbocycles. The molecule has 1 aromatic carbocycles. The van der Waals surface area contributed by atoms with E-state index in [4.69, 9.17) is 4.74 Å². The van der Waals surface area contributed by atoms with Crippen LogP contribution in [0.4, 0.5) is 11.4 Å². The number of aryl methyl sites for hydroxylation is 3. The third kappa shape index (κ3) is 4.92. The lowest BCUT2D eigenvalue weighted by molar-refractivity contribution is -0.119. The molecular weight excluding hydrogens is 332 g/mol. The number of nitrogens with zero attached hydrogens (tertiary/aromatic N) is 2. The maximum absolute atomic E-state index is 12.2. The van der Waals surface area contributed by atoms with E-state index in [9.17, 15) is 9.59 Å². The van der Waals surface area contributed by atoms with E-state index in [1.807, 2.05) is 38.6 Å². The van der Waals surface area contributed by atoms with Crippen LogP contribution in [0, 0.1) is 20.8 Å². The van der Waals surface area contributed by atoms with Gasteiger partial charge in [-0.3, -0.25) is 14.3 Å². The van der Waals surface area contributed by atoms with Gasteiger partial charge in [0.2, 0.25) is 11.8 Å². The lowest BCUT2D eigenvalue weighted by atomic mass is 10.1. The van der Waals surface area contributed by atoms with Gasteiger partial charge in [-0.15, -0.1) is 0 Å². The van der Waals surface area contributed by atoms with Crippen molar-refractivity contribution in [3.63, 3.8) is 0 Å². The first-order valence-electron chi connectivity index (χ1n) is 8.50. The highest BCUT2D eigenvalue weighted by molar-refractivity contribution is 5.94. The number of carbonyl (C=O) groups is 2. The molecule has 0 spiro atoms. The second-order valence-electron chi connectivity index (χ2n) is 6.33. The molecule has 26 heavy (non-hydrogen) atoms. The van der Waals surface area contributed by atoms with Gasteiger partial charge in [0.25, 0.3) is 0 Å². The number of aromatic nitrogens is 2. The molecule has 0 aliphatic rings. The number of ether oxygens (including phenoxy) is 1. The summed E-state index contributed by atoms with van der Waals surface area (Å²) in [7, 11) is 3.38. The summed E-state index contributed by atoms with van der Waals surface area (Å²) in [6.07, 6.45) is 1.04. The molecule has 7 heteroatoms. The van der Waals surface area contributed by atoms with Crippen LogP contribution in [0.5, 0.6) is 0 Å². The summed E-state index contributed by atoms with van der Waals surface area (Å²) in [5.74, 6) is -0.266. The fourth-order valence-electron chi connectivity index (χ4n) is 2.84. The van der Waals surface area contributed by atoms with Gasteiger partial charge in [-0.05, 0) is 56.5 Å². The Morgan fingerprint density at radius 1 is 1.15 bits per heavy atom. The van der Waals surface area contributed by atoms with Gasteiger partial charge in [0.1, 0.15) is 6.61 Å². The summed E-state index contributed by atoms with van der Waals surface area (Å²) in [6, 6.07) is 5.38. The summed E-state index contributed by atoms with van der Waals surface area (Å²) >= 11 is 0. The third-order valence-corrected chi connectivity index (χ3v) is 4.32. The fraction of sp³-hybridized carbons (Fsp3) is 0.421. The second-order valence-corrected chi connectivity index (χ2v) is 6.33. The van der Waals surface area contributed by atoms with Crippen LogP contribution in [0.1, 0.15) is 28.9 Å². The molecule has 2 rings (SSSR count). The highest BCUT2D eigenvalue weighted by Gasteiger charge is 2.12. The lowest BCUT2D eigenvalue weighted by Crippen LogP contribution is -2.18. The number of methoxy groups -OCH3 is 1. The second kappa shape index (κ2) is 8.62. The Hall–Kier alpha value is -2.67. The monoisotopic (exact) mass is 358 g/mol. The van der Waals surface area contributed by atoms with Gasteiger partial charge >= 0.3 is 0 Å². The molecule has 2 amide bonds. The topological polar surface area (TPSA) is 85.2 Å². The molecule has 1 aromatic heterocycles. The number of nitrogens with one attached hydrogen (secondary N) is 2. The number of carbonyl (C=O) groups excluding carboxylic acids is 2. The largest absolute Gasteiger partial charge is 0.375 e. The molecule has 0 atom stereocenters. The first-order valence-corrected chi connectivity index (χ1v) is 8.50. The minimum Gasteiger partial charge on any atom is -0.375 e. The molecule has 1 heterocycles. The van der Waals surface area contributed by atoms with Crippen molar-refractivity contribution in [3.05, 3.63) is 40.7 Å². The van der Waals surface area contributed by atoms with Crippen LogP contribution in [-0.4, -0.2) is 35.3 Å². The van der Waals surface area contributed by atoms with Gasteiger partial charge in [0, 0.05) is 37.6 Å². The summed E-state index contributed by atoms with van der Waals surface area (Å²) in [6.45, 7) is 5.85. The van der Waals surface area contributed by atoms with E-state index in [0.29, 0.717) is 24.2 Å². The fourth-order valence-corrected chi connectivity index (χ4v) is 2.84. The highest BCUT2D eigenvalue weighted by atomic mass is 16.5. The van der Waals surface area contributed by atoms with Gasteiger partial charge in [-0.1, -0.05) is 0 Å². The molecule has 0 aliphatic heterocycles. The average molecular weight is 358 g/mol. The zero-order valence-electron chi connectivity index (χ0n) is 16.0. The Kier molecular flexibility index (Phi) is 6.52. The number of amides is 2. The van der Waals surface area contributed by atoms with Crippen molar-refractivity contribution in [1.29, 1.82) is 0 Å². The van der Waals surface area contributed by atoms with Crippen LogP contribution in [0.2, 0.25) is 0 Å². The number of anilines is 2. The van der Waals surface area contributed by atoms with E-state index in [-0.39, 0.29) is 18.4 Å². The Bertz CT molecular complexity index is 811. The van der Waals surface area contributed by atoms with Crippen molar-refractivity contribution in [3.8, 4) is 0 Å². The van der Waals surface area contributed by atoms with Crippen LogP contribution in [0.25, 0.3) is 0 Å². The molecule has 140 valence electrons. The van der Waals surface area contributed by atoms with Crippen LogP contribution in [0.3, 0.4) is 0 Å². The summed E-state index contributed by atoms with van der Waals surface area (Å²) in [5, 5.41) is 10.0. The van der Waals surface area contributed by atoms with Crippen molar-refractivity contribution in [2.75, 3.05) is 24.4 Å². The number of hydrogen-bond acceptors (Lipinski definition) is 4. The zero-order chi connectivity index (χ0) is 19.3. The molecule has 2 aromatic rings. The molecule has 2 N–H and O–H groups in total. The highest BCUT2D eigenvalue weighted by Crippen LogP contribution is 2.20. The van der Waals surface area contributed by atoms with E-state index in [2.05, 4.69) is 15.7 Å².